The van der Waals surface area contributed by atoms with Gasteiger partial charge in [0.15, 0.2) is 0 Å². The van der Waals surface area contributed by atoms with Crippen LogP contribution in [0.5, 0.6) is 0 Å². The third-order valence-corrected chi connectivity index (χ3v) is 4.62. The summed E-state index contributed by atoms with van der Waals surface area (Å²) in [5, 5.41) is 3.24. The Kier molecular flexibility index (Phi) is 4.97. The monoisotopic (exact) mass is 326 g/mol. The van der Waals surface area contributed by atoms with Gasteiger partial charge in [0.25, 0.3) is 0 Å². The molecular weight excluding hydrogens is 308 g/mol. The van der Waals surface area contributed by atoms with E-state index in [4.69, 9.17) is 4.55 Å². The second-order valence-corrected chi connectivity index (χ2v) is 7.00. The van der Waals surface area contributed by atoms with Crippen molar-refractivity contribution in [2.24, 2.45) is 0 Å². The van der Waals surface area contributed by atoms with Crippen LogP contribution in [-0.2, 0) is 23.1 Å². The fourth-order valence-corrected chi connectivity index (χ4v) is 3.33. The molecule has 2 rings (SSSR count). The molecule has 0 aliphatic carbocycles. The van der Waals surface area contributed by atoms with E-state index in [2.05, 4.69) is 24.2 Å². The van der Waals surface area contributed by atoms with Gasteiger partial charge in [-0.1, -0.05) is 26.0 Å². The van der Waals surface area contributed by atoms with Crippen molar-refractivity contribution in [2.75, 3.05) is 4.72 Å². The van der Waals surface area contributed by atoms with Crippen LogP contribution in [0.1, 0.15) is 36.0 Å². The molecule has 1 atom stereocenters. The van der Waals surface area contributed by atoms with Crippen molar-refractivity contribution in [3.63, 3.8) is 0 Å². The van der Waals surface area contributed by atoms with Crippen LogP contribution in [0.2, 0.25) is 0 Å². The average Bonchev–Trinajstić information content (AvgIpc) is 2.88. The first-order valence-electron chi connectivity index (χ1n) is 6.66. The summed E-state index contributed by atoms with van der Waals surface area (Å²) >= 11 is 1.68. The summed E-state index contributed by atoms with van der Waals surface area (Å²) in [5.41, 5.74) is 2.53. The van der Waals surface area contributed by atoms with Crippen LogP contribution in [0.4, 0.5) is 5.69 Å². The van der Waals surface area contributed by atoms with E-state index in [0.29, 0.717) is 11.6 Å². The largest absolute Gasteiger partial charge is 0.357 e. The maximum atomic E-state index is 10.7. The molecule has 21 heavy (non-hydrogen) atoms. The van der Waals surface area contributed by atoms with Crippen LogP contribution in [-0.4, -0.2) is 18.0 Å². The van der Waals surface area contributed by atoms with Crippen molar-refractivity contribution in [1.82, 2.24) is 4.98 Å². The predicted octanol–water partition coefficient (Wildman–Crippen LogP) is 3.27. The van der Waals surface area contributed by atoms with Gasteiger partial charge in [-0.3, -0.25) is 9.27 Å². The van der Waals surface area contributed by atoms with E-state index in [1.54, 1.807) is 23.5 Å². The van der Waals surface area contributed by atoms with E-state index in [9.17, 15) is 8.42 Å². The Morgan fingerprint density at radius 1 is 1.33 bits per heavy atom. The minimum absolute atomic E-state index is 0.307. The highest BCUT2D eigenvalue weighted by molar-refractivity contribution is 7.87. The number of hydrogen-bond donors (Lipinski definition) is 2. The van der Waals surface area contributed by atoms with E-state index >= 15 is 0 Å². The Labute approximate surface area is 128 Å². The molecule has 0 aliphatic heterocycles. The molecule has 0 radical (unpaired) electrons. The zero-order valence-corrected chi connectivity index (χ0v) is 13.5. The lowest BCUT2D eigenvalue weighted by Gasteiger charge is -2.09. The standard InChI is InChI=1S/C14H18N2O3S2/c1-3-14-15-13(9-20-14)10(2)8-11-4-6-12(7-5-11)16-21(17,18)19/h4-7,9-10,16H,3,8H2,1-2H3,(H,17,18,19)/t10-/m0/s1. The molecular formula is C14H18N2O3S2. The molecule has 114 valence electrons. The first kappa shape index (κ1) is 15.9. The smallest absolute Gasteiger partial charge is 0.269 e. The van der Waals surface area contributed by atoms with E-state index in [-0.39, 0.29) is 0 Å². The number of nitrogens with zero attached hydrogens (tertiary/aromatic N) is 1. The Hall–Kier alpha value is -1.44. The molecule has 1 aromatic carbocycles. The Morgan fingerprint density at radius 2 is 2.00 bits per heavy atom. The lowest BCUT2D eigenvalue weighted by Crippen LogP contribution is -2.10. The average molecular weight is 326 g/mol. The summed E-state index contributed by atoms with van der Waals surface area (Å²) in [6, 6.07) is 6.96. The van der Waals surface area contributed by atoms with Gasteiger partial charge in [-0.2, -0.15) is 8.42 Å². The first-order valence-corrected chi connectivity index (χ1v) is 8.98. The van der Waals surface area contributed by atoms with Crippen LogP contribution >= 0.6 is 11.3 Å². The first-order chi connectivity index (χ1) is 9.87. The van der Waals surface area contributed by atoms with Gasteiger partial charge in [0, 0.05) is 11.3 Å². The number of anilines is 1. The Bertz CT molecular complexity index is 693. The number of rotatable bonds is 6. The molecule has 1 aromatic heterocycles. The quantitative estimate of drug-likeness (QED) is 0.799. The van der Waals surface area contributed by atoms with Gasteiger partial charge in [-0.15, -0.1) is 11.3 Å². The number of aryl methyl sites for hydroxylation is 1. The van der Waals surface area contributed by atoms with Crippen LogP contribution in [0.3, 0.4) is 0 Å². The number of benzene rings is 1. The zero-order chi connectivity index (χ0) is 15.5. The minimum atomic E-state index is -4.21. The third-order valence-electron chi connectivity index (χ3n) is 3.12. The van der Waals surface area contributed by atoms with E-state index in [1.807, 2.05) is 16.9 Å². The molecule has 0 spiro atoms. The normalized spacial score (nSPS) is 13.1. The van der Waals surface area contributed by atoms with Crippen molar-refractivity contribution in [3.8, 4) is 0 Å². The van der Waals surface area contributed by atoms with Crippen molar-refractivity contribution < 1.29 is 13.0 Å². The number of thiazole rings is 1. The Balaban J connectivity index is 2.02. The lowest BCUT2D eigenvalue weighted by atomic mass is 9.99. The minimum Gasteiger partial charge on any atom is -0.269 e. The second-order valence-electron chi connectivity index (χ2n) is 4.90. The van der Waals surface area contributed by atoms with Gasteiger partial charge in [-0.05, 0) is 30.5 Å². The van der Waals surface area contributed by atoms with E-state index in [0.717, 1.165) is 29.1 Å². The van der Waals surface area contributed by atoms with Crippen LogP contribution in [0, 0.1) is 0 Å². The number of nitrogens with one attached hydrogen (secondary N) is 1. The molecule has 2 aromatic rings. The van der Waals surface area contributed by atoms with Crippen LogP contribution < -0.4 is 4.72 Å². The second kappa shape index (κ2) is 6.55. The molecule has 0 aliphatic rings. The van der Waals surface area contributed by atoms with Gasteiger partial charge >= 0.3 is 10.3 Å². The molecule has 0 bridgehead atoms. The fourth-order valence-electron chi connectivity index (χ4n) is 2.03. The molecule has 5 nitrogen and oxygen atoms in total. The zero-order valence-electron chi connectivity index (χ0n) is 11.9. The van der Waals surface area contributed by atoms with Gasteiger partial charge in [0.2, 0.25) is 0 Å². The molecule has 0 amide bonds. The summed E-state index contributed by atoms with van der Waals surface area (Å²) in [5.74, 6) is 0.307. The summed E-state index contributed by atoms with van der Waals surface area (Å²) in [4.78, 5) is 4.58. The summed E-state index contributed by atoms with van der Waals surface area (Å²) in [6.07, 6.45) is 1.78. The molecule has 7 heteroatoms. The SMILES string of the molecule is CCc1nc([C@@H](C)Cc2ccc(NS(=O)(=O)O)cc2)cs1. The van der Waals surface area contributed by atoms with Crippen LogP contribution in [0.15, 0.2) is 29.6 Å². The highest BCUT2D eigenvalue weighted by Crippen LogP contribution is 2.23. The van der Waals surface area contributed by atoms with E-state index < -0.39 is 10.3 Å². The molecule has 1 heterocycles. The number of hydrogen-bond acceptors (Lipinski definition) is 4. The predicted molar refractivity (Wildman–Crippen MR) is 85.2 cm³/mol. The lowest BCUT2D eigenvalue weighted by molar-refractivity contribution is 0.489. The molecule has 2 N–H and O–H groups in total. The fraction of sp³-hybridized carbons (Fsp3) is 0.357. The molecule has 0 saturated heterocycles. The summed E-state index contributed by atoms with van der Waals surface area (Å²) in [6.45, 7) is 4.22. The maximum absolute atomic E-state index is 10.7. The third kappa shape index (κ3) is 4.80. The van der Waals surface area contributed by atoms with Gasteiger partial charge in [0.05, 0.1) is 16.4 Å². The van der Waals surface area contributed by atoms with E-state index in [1.165, 1.54) is 0 Å². The molecule has 0 unspecified atom stereocenters. The van der Waals surface area contributed by atoms with Crippen molar-refractivity contribution in [1.29, 1.82) is 0 Å². The molecule has 0 fully saturated rings. The summed E-state index contributed by atoms with van der Waals surface area (Å²) in [7, 11) is -4.21. The van der Waals surface area contributed by atoms with Gasteiger partial charge < -0.3 is 0 Å². The van der Waals surface area contributed by atoms with Crippen molar-refractivity contribution >= 4 is 27.3 Å². The van der Waals surface area contributed by atoms with Crippen LogP contribution in [0.25, 0.3) is 0 Å². The summed E-state index contributed by atoms with van der Waals surface area (Å²) < 4.78 is 32.2. The molecule has 0 saturated carbocycles. The highest BCUT2D eigenvalue weighted by Gasteiger charge is 2.11. The highest BCUT2D eigenvalue weighted by atomic mass is 32.2. The number of aromatic nitrogens is 1. The van der Waals surface area contributed by atoms with Crippen molar-refractivity contribution in [3.05, 3.63) is 45.9 Å². The topological polar surface area (TPSA) is 79.3 Å². The van der Waals surface area contributed by atoms with Gasteiger partial charge in [-0.25, -0.2) is 4.98 Å². The van der Waals surface area contributed by atoms with Gasteiger partial charge in [0.1, 0.15) is 0 Å². The van der Waals surface area contributed by atoms with Crippen molar-refractivity contribution in [2.45, 2.75) is 32.6 Å². The maximum Gasteiger partial charge on any atom is 0.357 e. The Morgan fingerprint density at radius 3 is 2.52 bits per heavy atom.